The van der Waals surface area contributed by atoms with Gasteiger partial charge in [0, 0.05) is 41.1 Å². The second-order valence-corrected chi connectivity index (χ2v) is 14.0. The van der Waals surface area contributed by atoms with Gasteiger partial charge in [0.25, 0.3) is 0 Å². The van der Waals surface area contributed by atoms with E-state index in [0.29, 0.717) is 30.8 Å². The molecule has 9 nitrogen and oxygen atoms in total. The number of aliphatic hydroxyl groups is 3. The van der Waals surface area contributed by atoms with Crippen LogP contribution in [0.1, 0.15) is 75.4 Å². The van der Waals surface area contributed by atoms with E-state index in [1.54, 1.807) is 32.4 Å². The number of carbonyl (C=O) groups excluding carboxylic acids is 3. The van der Waals surface area contributed by atoms with Crippen molar-refractivity contribution in [1.82, 2.24) is 0 Å². The molecule has 9 heteroatoms. The number of ketones is 3. The standard InChI is InChI=1S/C35H40O9/c1-17(2)26-29(38)24(18(3)36)31(40)35(42)32(41)27-30(39)25-23(14-33(27,4)16-34(26,35)5)22(20-8-11-44-15-20)13-21(28(25)37)12-19-6-9-43-10-7-19/h8,11,13,15,17,19,26,37-38,41-42H,6-7,9-10,12,14,16H2,1-5H3/t26?,33-,34-,35+/m1/s1. The Morgan fingerprint density at radius 1 is 1.11 bits per heavy atom. The smallest absolute Gasteiger partial charge is 0.209 e. The average molecular weight is 605 g/mol. The van der Waals surface area contributed by atoms with Gasteiger partial charge < -0.3 is 29.6 Å². The fraction of sp³-hybridized carbons (Fsp3) is 0.514. The summed E-state index contributed by atoms with van der Waals surface area (Å²) in [6.45, 7) is 9.44. The number of furan rings is 1. The molecule has 2 heterocycles. The molecule has 1 fully saturated rings. The van der Waals surface area contributed by atoms with Crippen molar-refractivity contribution in [2.24, 2.45) is 28.6 Å². The van der Waals surface area contributed by atoms with E-state index in [1.165, 1.54) is 0 Å². The molecule has 1 unspecified atom stereocenters. The molecule has 1 saturated heterocycles. The highest BCUT2D eigenvalue weighted by Crippen LogP contribution is 2.65. The van der Waals surface area contributed by atoms with E-state index in [2.05, 4.69) is 0 Å². The maximum Gasteiger partial charge on any atom is 0.209 e. The van der Waals surface area contributed by atoms with Crippen molar-refractivity contribution < 1.29 is 44.0 Å². The first-order chi connectivity index (χ1) is 20.7. The molecule has 0 saturated carbocycles. The monoisotopic (exact) mass is 604 g/mol. The number of aromatic hydroxyl groups is 1. The Kier molecular flexibility index (Phi) is 7.01. The lowest BCUT2D eigenvalue weighted by Crippen LogP contribution is -2.67. The zero-order valence-electron chi connectivity index (χ0n) is 25.8. The minimum Gasteiger partial charge on any atom is -0.511 e. The van der Waals surface area contributed by atoms with Crippen molar-refractivity contribution in [3.05, 3.63) is 64.0 Å². The molecule has 1 aromatic heterocycles. The topological polar surface area (TPSA) is 154 Å². The predicted octanol–water partition coefficient (Wildman–Crippen LogP) is 5.58. The van der Waals surface area contributed by atoms with Gasteiger partial charge in [0.2, 0.25) is 5.78 Å². The van der Waals surface area contributed by atoms with Crippen molar-refractivity contribution in [3.63, 3.8) is 0 Å². The maximum absolute atomic E-state index is 14.6. The van der Waals surface area contributed by atoms with E-state index in [4.69, 9.17) is 9.15 Å². The lowest BCUT2D eigenvalue weighted by atomic mass is 9.44. The second-order valence-electron chi connectivity index (χ2n) is 14.0. The molecule has 4 atom stereocenters. The third-order valence-corrected chi connectivity index (χ3v) is 10.8. The van der Waals surface area contributed by atoms with Crippen LogP contribution in [0.15, 0.2) is 51.7 Å². The first kappa shape index (κ1) is 30.3. The van der Waals surface area contributed by atoms with Crippen LogP contribution in [0, 0.1) is 28.6 Å². The minimum atomic E-state index is -2.64. The summed E-state index contributed by atoms with van der Waals surface area (Å²) in [5.74, 6) is -4.88. The number of aliphatic hydroxyl groups excluding tert-OH is 2. The molecular weight excluding hydrogens is 564 g/mol. The Morgan fingerprint density at radius 3 is 2.39 bits per heavy atom. The van der Waals surface area contributed by atoms with Gasteiger partial charge in [0.05, 0.1) is 18.1 Å². The summed E-state index contributed by atoms with van der Waals surface area (Å²) in [7, 11) is 0. The number of fused-ring (bicyclic) bond motifs is 3. The molecule has 4 N–H and O–H groups in total. The highest BCUT2D eigenvalue weighted by Gasteiger charge is 2.71. The van der Waals surface area contributed by atoms with Gasteiger partial charge in [-0.15, -0.1) is 0 Å². The van der Waals surface area contributed by atoms with Gasteiger partial charge in [-0.3, -0.25) is 14.4 Å². The van der Waals surface area contributed by atoms with Gasteiger partial charge >= 0.3 is 0 Å². The van der Waals surface area contributed by atoms with Crippen LogP contribution in [-0.4, -0.2) is 56.6 Å². The normalized spacial score (nSPS) is 30.8. The largest absolute Gasteiger partial charge is 0.511 e. The van der Waals surface area contributed by atoms with Crippen LogP contribution < -0.4 is 0 Å². The zero-order valence-corrected chi connectivity index (χ0v) is 25.8. The van der Waals surface area contributed by atoms with Crippen molar-refractivity contribution in [2.45, 2.75) is 72.3 Å². The Labute approximate surface area is 256 Å². The van der Waals surface area contributed by atoms with Crippen LogP contribution >= 0.6 is 0 Å². The van der Waals surface area contributed by atoms with Crippen LogP contribution in [0.3, 0.4) is 0 Å². The summed E-state index contributed by atoms with van der Waals surface area (Å²) in [5.41, 5.74) is -3.24. The molecule has 4 aliphatic rings. The number of benzene rings is 1. The van der Waals surface area contributed by atoms with Gasteiger partial charge in [0.1, 0.15) is 22.8 Å². The number of Topliss-reactive ketones (excluding diaryl/α,β-unsaturated/α-hetero) is 3. The summed E-state index contributed by atoms with van der Waals surface area (Å²) < 4.78 is 10.9. The summed E-state index contributed by atoms with van der Waals surface area (Å²) in [4.78, 5) is 41.2. The molecule has 0 radical (unpaired) electrons. The van der Waals surface area contributed by atoms with Gasteiger partial charge in [0.15, 0.2) is 17.2 Å². The summed E-state index contributed by atoms with van der Waals surface area (Å²) in [6, 6.07) is 3.71. The molecule has 0 spiro atoms. The molecule has 0 amide bonds. The third kappa shape index (κ3) is 4.01. The number of ether oxygens (including phenoxy) is 1. The number of allylic oxidation sites excluding steroid dienone is 2. The van der Waals surface area contributed by atoms with E-state index in [-0.39, 0.29) is 41.6 Å². The van der Waals surface area contributed by atoms with Crippen LogP contribution in [-0.2, 0) is 27.2 Å². The van der Waals surface area contributed by atoms with Crippen LogP contribution in [0.25, 0.3) is 11.1 Å². The van der Waals surface area contributed by atoms with Crippen molar-refractivity contribution in [2.75, 3.05) is 13.2 Å². The Balaban J connectivity index is 1.60. The highest BCUT2D eigenvalue weighted by molar-refractivity contribution is 6.25. The first-order valence-electron chi connectivity index (χ1n) is 15.4. The number of phenols is 1. The fourth-order valence-corrected chi connectivity index (χ4v) is 8.95. The molecule has 2 aromatic rings. The second kappa shape index (κ2) is 10.2. The summed E-state index contributed by atoms with van der Waals surface area (Å²) >= 11 is 0. The summed E-state index contributed by atoms with van der Waals surface area (Å²) in [5, 5.41) is 47.3. The summed E-state index contributed by atoms with van der Waals surface area (Å²) in [6.07, 6.45) is 5.53. The molecule has 234 valence electrons. The molecule has 6 rings (SSSR count). The Bertz CT molecular complexity index is 1640. The highest BCUT2D eigenvalue weighted by atomic mass is 16.5. The van der Waals surface area contributed by atoms with Gasteiger partial charge in [-0.2, -0.15) is 0 Å². The van der Waals surface area contributed by atoms with Crippen molar-refractivity contribution in [1.29, 1.82) is 0 Å². The fourth-order valence-electron chi connectivity index (χ4n) is 8.95. The predicted molar refractivity (Wildman–Crippen MR) is 160 cm³/mol. The number of carbonyl (C=O) groups is 3. The van der Waals surface area contributed by atoms with Crippen LogP contribution in [0.2, 0.25) is 0 Å². The minimum absolute atomic E-state index is 0.0332. The van der Waals surface area contributed by atoms with E-state index >= 15 is 0 Å². The number of hydrogen-bond donors (Lipinski definition) is 4. The van der Waals surface area contributed by atoms with Crippen LogP contribution in [0.5, 0.6) is 5.75 Å². The van der Waals surface area contributed by atoms with Crippen LogP contribution in [0.4, 0.5) is 0 Å². The number of phenolic OH excluding ortho intramolecular Hbond substituents is 1. The molecule has 44 heavy (non-hydrogen) atoms. The molecule has 1 aliphatic heterocycles. The van der Waals surface area contributed by atoms with E-state index < -0.39 is 56.8 Å². The maximum atomic E-state index is 14.6. The van der Waals surface area contributed by atoms with Crippen molar-refractivity contribution >= 4 is 17.3 Å². The lowest BCUT2D eigenvalue weighted by Gasteiger charge is -2.59. The van der Waals surface area contributed by atoms with E-state index in [0.717, 1.165) is 30.9 Å². The quantitative estimate of drug-likeness (QED) is 0.320. The molecule has 1 aromatic carbocycles. The van der Waals surface area contributed by atoms with Gasteiger partial charge in [-0.05, 0) is 79.7 Å². The zero-order chi connectivity index (χ0) is 31.9. The number of rotatable bonds is 5. The third-order valence-electron chi connectivity index (χ3n) is 10.8. The van der Waals surface area contributed by atoms with E-state index in [9.17, 15) is 34.8 Å². The van der Waals surface area contributed by atoms with E-state index in [1.807, 2.05) is 19.9 Å². The molecule has 3 aliphatic carbocycles. The number of hydrogen-bond acceptors (Lipinski definition) is 9. The first-order valence-corrected chi connectivity index (χ1v) is 15.4. The van der Waals surface area contributed by atoms with Gasteiger partial charge in [-0.1, -0.05) is 27.7 Å². The van der Waals surface area contributed by atoms with Gasteiger partial charge in [-0.25, -0.2) is 0 Å². The molecular formula is C35H40O9. The average Bonchev–Trinajstić information content (AvgIpc) is 3.47. The lowest BCUT2D eigenvalue weighted by molar-refractivity contribution is -0.171. The van der Waals surface area contributed by atoms with Crippen molar-refractivity contribution in [3.8, 4) is 16.9 Å². The molecule has 0 bridgehead atoms. The SMILES string of the molecule is CC(=O)C1=C(O)C(C(C)C)[C@@]2(C)C[C@@]3(C)Cc4c(-c5ccoc5)cc(CC5CCOCC5)c(O)c4C(=O)C3=C(O)[C@@]2(O)C1=O. The Hall–Kier alpha value is -3.69. The Morgan fingerprint density at radius 2 is 1.80 bits per heavy atom.